The molecule has 3 rings (SSSR count). The van der Waals surface area contributed by atoms with Crippen LogP contribution in [0.3, 0.4) is 0 Å². The van der Waals surface area contributed by atoms with E-state index in [9.17, 15) is 31.5 Å². The molecule has 0 aliphatic carbocycles. The summed E-state index contributed by atoms with van der Waals surface area (Å²) in [6.45, 7) is 4.69. The normalized spacial score (nSPS) is 13.2. The van der Waals surface area contributed by atoms with Crippen molar-refractivity contribution < 1.29 is 36.0 Å². The number of imidazole rings is 1. The number of hydrogen-bond donors (Lipinski definition) is 3. The van der Waals surface area contributed by atoms with E-state index in [2.05, 4.69) is 0 Å². The Bertz CT molecular complexity index is 1390. The molecule has 1 aromatic heterocycles. The molecule has 0 fully saturated rings. The number of nitrogens with two attached hydrogens (primary N) is 1. The Morgan fingerprint density at radius 3 is 2.29 bits per heavy atom. The van der Waals surface area contributed by atoms with Crippen molar-refractivity contribution in [1.82, 2.24) is 14.5 Å². The van der Waals surface area contributed by atoms with Crippen molar-refractivity contribution >= 4 is 16.0 Å². The average Bonchev–Trinajstić information content (AvgIpc) is 3.28. The minimum atomic E-state index is -3.67. The van der Waals surface area contributed by atoms with Crippen LogP contribution in [0.15, 0.2) is 54.7 Å². The Kier molecular flexibility index (Phi) is 12.1. The Labute approximate surface area is 238 Å². The fourth-order valence-electron chi connectivity index (χ4n) is 4.24. The second kappa shape index (κ2) is 14.6. The Morgan fingerprint density at radius 1 is 1.15 bits per heavy atom. The molecule has 41 heavy (non-hydrogen) atoms. The third kappa shape index (κ3) is 10.6. The standard InChI is InChI=1S/C27H33F3N4O2.CH4O3S/c1-27(2,3)25(34(24(36)17-35)12-11-20(31)14-28)26-32-23(21-13-19(29)9-10-22(21)30)16-33(26)15-18-7-5-4-6-8-18;1-5(2,3)4/h4-10,13,16,20,25,35H,11-12,14-15,17,31H2,1-3H3;1H3,(H,2,3,4)/t20?,25-;/m0./s1. The molecule has 13 heteroatoms. The molecular weight excluding hydrogens is 561 g/mol. The highest BCUT2D eigenvalue weighted by molar-refractivity contribution is 7.85. The van der Waals surface area contributed by atoms with Crippen molar-refractivity contribution in [3.63, 3.8) is 0 Å². The summed E-state index contributed by atoms with van der Waals surface area (Å²) in [5.41, 5.74) is 6.33. The molecule has 1 heterocycles. The molecule has 0 aliphatic heterocycles. The molecule has 4 N–H and O–H groups in total. The van der Waals surface area contributed by atoms with Crippen molar-refractivity contribution in [3.05, 3.63) is 77.8 Å². The number of alkyl halides is 1. The Hall–Kier alpha value is -3.26. The van der Waals surface area contributed by atoms with Crippen molar-refractivity contribution in [3.8, 4) is 11.3 Å². The number of aromatic nitrogens is 2. The zero-order chi connectivity index (χ0) is 31.0. The van der Waals surface area contributed by atoms with Crippen LogP contribution in [0.1, 0.15) is 44.6 Å². The first-order chi connectivity index (χ1) is 19.0. The summed E-state index contributed by atoms with van der Waals surface area (Å²) in [5, 5.41) is 9.73. The van der Waals surface area contributed by atoms with E-state index in [4.69, 9.17) is 15.3 Å². The molecule has 3 aromatic rings. The third-order valence-corrected chi connectivity index (χ3v) is 5.98. The molecule has 1 unspecified atom stereocenters. The average molecular weight is 599 g/mol. The lowest BCUT2D eigenvalue weighted by Gasteiger charge is -2.40. The van der Waals surface area contributed by atoms with Gasteiger partial charge in [0.2, 0.25) is 5.91 Å². The van der Waals surface area contributed by atoms with Crippen LogP contribution in [0.5, 0.6) is 0 Å². The van der Waals surface area contributed by atoms with Crippen molar-refractivity contribution in [2.75, 3.05) is 26.1 Å². The number of nitrogens with zero attached hydrogens (tertiary/aromatic N) is 3. The van der Waals surface area contributed by atoms with E-state index in [1.807, 2.05) is 51.1 Å². The van der Waals surface area contributed by atoms with E-state index in [0.29, 0.717) is 18.6 Å². The Morgan fingerprint density at radius 2 is 1.76 bits per heavy atom. The lowest BCUT2D eigenvalue weighted by Crippen LogP contribution is -2.45. The molecule has 226 valence electrons. The van der Waals surface area contributed by atoms with Crippen molar-refractivity contribution in [1.29, 1.82) is 0 Å². The van der Waals surface area contributed by atoms with E-state index >= 15 is 0 Å². The lowest BCUT2D eigenvalue weighted by molar-refractivity contribution is -0.139. The van der Waals surface area contributed by atoms with Gasteiger partial charge in [0.15, 0.2) is 0 Å². The van der Waals surface area contributed by atoms with Gasteiger partial charge in [0.05, 0.1) is 18.0 Å². The summed E-state index contributed by atoms with van der Waals surface area (Å²) in [4.78, 5) is 19.1. The minimum absolute atomic E-state index is 0.00444. The predicted octanol–water partition coefficient (Wildman–Crippen LogP) is 3.98. The Balaban J connectivity index is 0.00000108. The van der Waals surface area contributed by atoms with Crippen molar-refractivity contribution in [2.45, 2.75) is 45.8 Å². The molecule has 2 atom stereocenters. The van der Waals surface area contributed by atoms with Gasteiger partial charge in [-0.3, -0.25) is 9.35 Å². The maximum atomic E-state index is 14.7. The van der Waals surface area contributed by atoms with Gasteiger partial charge in [-0.2, -0.15) is 8.42 Å². The second-order valence-corrected chi connectivity index (χ2v) is 12.1. The highest BCUT2D eigenvalue weighted by Gasteiger charge is 2.38. The maximum absolute atomic E-state index is 14.7. The largest absolute Gasteiger partial charge is 0.387 e. The predicted molar refractivity (Wildman–Crippen MR) is 150 cm³/mol. The van der Waals surface area contributed by atoms with Gasteiger partial charge < -0.3 is 20.3 Å². The molecule has 9 nitrogen and oxygen atoms in total. The SMILES string of the molecule is CC(C)(C)[C@H](c1nc(-c2cc(F)ccc2F)cn1Cc1ccccc1)N(CCC(N)CF)C(=O)CO.CS(=O)(=O)O. The summed E-state index contributed by atoms with van der Waals surface area (Å²) in [6, 6.07) is 11.2. The zero-order valence-electron chi connectivity index (χ0n) is 23.5. The molecule has 1 amide bonds. The summed E-state index contributed by atoms with van der Waals surface area (Å²) >= 11 is 0. The van der Waals surface area contributed by atoms with Gasteiger partial charge in [0.25, 0.3) is 10.1 Å². The fourth-order valence-corrected chi connectivity index (χ4v) is 4.24. The number of halogens is 3. The number of benzene rings is 2. The molecular formula is C28H37F3N4O5S. The topological polar surface area (TPSA) is 139 Å². The monoisotopic (exact) mass is 598 g/mol. The highest BCUT2D eigenvalue weighted by Crippen LogP contribution is 2.39. The molecule has 0 saturated heterocycles. The highest BCUT2D eigenvalue weighted by atomic mass is 32.2. The number of carbonyl (C=O) groups excluding carboxylic acids is 1. The zero-order valence-corrected chi connectivity index (χ0v) is 24.3. The summed E-state index contributed by atoms with van der Waals surface area (Å²) in [6.07, 6.45) is 2.53. The van der Waals surface area contributed by atoms with Gasteiger partial charge in [-0.25, -0.2) is 18.2 Å². The maximum Gasteiger partial charge on any atom is 0.261 e. The summed E-state index contributed by atoms with van der Waals surface area (Å²) < 4.78 is 69.4. The molecule has 0 spiro atoms. The van der Waals surface area contributed by atoms with Crippen LogP contribution in [0.4, 0.5) is 13.2 Å². The van der Waals surface area contributed by atoms with Crippen LogP contribution >= 0.6 is 0 Å². The van der Waals surface area contributed by atoms with Crippen LogP contribution in [-0.4, -0.2) is 70.6 Å². The van der Waals surface area contributed by atoms with Gasteiger partial charge in [-0.05, 0) is 35.6 Å². The van der Waals surface area contributed by atoms with Crippen LogP contribution in [-0.2, 0) is 21.5 Å². The van der Waals surface area contributed by atoms with Gasteiger partial charge in [-0.1, -0.05) is 51.1 Å². The number of aliphatic hydroxyl groups is 1. The van der Waals surface area contributed by atoms with E-state index < -0.39 is 58.4 Å². The fraction of sp³-hybridized carbons (Fsp3) is 0.429. The van der Waals surface area contributed by atoms with E-state index in [-0.39, 0.29) is 24.2 Å². The number of rotatable bonds is 10. The molecule has 2 aromatic carbocycles. The van der Waals surface area contributed by atoms with Gasteiger partial charge in [-0.15, -0.1) is 0 Å². The first kappa shape index (κ1) is 33.9. The van der Waals surface area contributed by atoms with Gasteiger partial charge >= 0.3 is 0 Å². The van der Waals surface area contributed by atoms with Gasteiger partial charge in [0.1, 0.15) is 30.7 Å². The number of aliphatic hydroxyl groups excluding tert-OH is 1. The van der Waals surface area contributed by atoms with Crippen LogP contribution < -0.4 is 5.73 Å². The van der Waals surface area contributed by atoms with Gasteiger partial charge in [0, 0.05) is 30.9 Å². The summed E-state index contributed by atoms with van der Waals surface area (Å²) in [7, 11) is -3.67. The quantitative estimate of drug-likeness (QED) is 0.300. The van der Waals surface area contributed by atoms with Crippen LogP contribution in [0.25, 0.3) is 11.3 Å². The smallest absolute Gasteiger partial charge is 0.261 e. The molecule has 0 aliphatic rings. The molecule has 0 bridgehead atoms. The minimum Gasteiger partial charge on any atom is -0.387 e. The lowest BCUT2D eigenvalue weighted by atomic mass is 9.84. The molecule has 0 radical (unpaired) electrons. The summed E-state index contributed by atoms with van der Waals surface area (Å²) in [5.74, 6) is -1.36. The number of carbonyl (C=O) groups is 1. The first-order valence-corrected chi connectivity index (χ1v) is 14.6. The number of hydrogen-bond acceptors (Lipinski definition) is 6. The van der Waals surface area contributed by atoms with Crippen LogP contribution in [0.2, 0.25) is 0 Å². The third-order valence-electron chi connectivity index (χ3n) is 5.98. The van der Waals surface area contributed by atoms with Crippen molar-refractivity contribution in [2.24, 2.45) is 11.1 Å². The van der Waals surface area contributed by atoms with E-state index in [1.54, 1.807) is 10.8 Å². The second-order valence-electron chi connectivity index (χ2n) is 10.7. The molecule has 0 saturated carbocycles. The first-order valence-electron chi connectivity index (χ1n) is 12.8. The van der Waals surface area contributed by atoms with E-state index in [1.165, 1.54) is 4.90 Å². The number of amides is 1. The van der Waals surface area contributed by atoms with E-state index in [0.717, 1.165) is 23.8 Å². The van der Waals surface area contributed by atoms with Crippen LogP contribution in [0, 0.1) is 17.0 Å².